The molecule has 0 saturated heterocycles. The molecule has 0 aliphatic rings. The summed E-state index contributed by atoms with van der Waals surface area (Å²) >= 11 is 7.62. The normalized spacial score (nSPS) is 10.4. The number of thioether (sulfide) groups is 1. The Balaban J connectivity index is 1.59. The Labute approximate surface area is 157 Å². The van der Waals surface area contributed by atoms with Gasteiger partial charge < -0.3 is 14.8 Å². The number of carbonyl (C=O) groups is 1. The summed E-state index contributed by atoms with van der Waals surface area (Å²) in [5.74, 6) is 2.75. The van der Waals surface area contributed by atoms with E-state index in [0.717, 1.165) is 22.6 Å². The molecule has 2 aromatic rings. The topological polar surface area (TPSA) is 47.6 Å². The Morgan fingerprint density at radius 1 is 1.16 bits per heavy atom. The van der Waals surface area contributed by atoms with E-state index in [1.807, 2.05) is 43.3 Å². The van der Waals surface area contributed by atoms with Crippen molar-refractivity contribution in [2.24, 2.45) is 0 Å². The number of benzene rings is 2. The molecular formula is C19H22ClNO3S. The number of aryl methyl sites for hydroxylation is 1. The maximum absolute atomic E-state index is 11.8. The minimum atomic E-state index is 0.00375. The molecule has 0 fully saturated rings. The highest BCUT2D eigenvalue weighted by Gasteiger charge is 2.03. The molecule has 6 heteroatoms. The molecule has 0 spiro atoms. The summed E-state index contributed by atoms with van der Waals surface area (Å²) in [6, 6.07) is 13.4. The Hall–Kier alpha value is -1.85. The highest BCUT2D eigenvalue weighted by Crippen LogP contribution is 2.21. The summed E-state index contributed by atoms with van der Waals surface area (Å²) in [6.45, 7) is 2.82. The molecule has 1 amide bonds. The summed E-state index contributed by atoms with van der Waals surface area (Å²) in [4.78, 5) is 11.8. The third-order valence-electron chi connectivity index (χ3n) is 3.50. The van der Waals surface area contributed by atoms with Gasteiger partial charge in [0, 0.05) is 10.8 Å². The van der Waals surface area contributed by atoms with Gasteiger partial charge in [-0.25, -0.2) is 0 Å². The minimum absolute atomic E-state index is 0.00375. The Morgan fingerprint density at radius 2 is 1.88 bits per heavy atom. The van der Waals surface area contributed by atoms with Crippen molar-refractivity contribution in [3.8, 4) is 11.5 Å². The number of rotatable bonds is 9. The van der Waals surface area contributed by atoms with E-state index < -0.39 is 0 Å². The smallest absolute Gasteiger partial charge is 0.230 e. The maximum atomic E-state index is 11.8. The third-order valence-corrected chi connectivity index (χ3v) is 4.91. The fourth-order valence-electron chi connectivity index (χ4n) is 2.06. The first-order chi connectivity index (χ1) is 12.1. The molecule has 4 nitrogen and oxygen atoms in total. The summed E-state index contributed by atoms with van der Waals surface area (Å²) in [5, 5.41) is 3.52. The molecule has 0 aliphatic carbocycles. The zero-order valence-corrected chi connectivity index (χ0v) is 16.0. The zero-order valence-electron chi connectivity index (χ0n) is 14.4. The molecule has 0 unspecified atom stereocenters. The van der Waals surface area contributed by atoms with Crippen LogP contribution in [0.3, 0.4) is 0 Å². The molecule has 0 aliphatic heterocycles. The van der Waals surface area contributed by atoms with Gasteiger partial charge in [-0.05, 0) is 42.3 Å². The average molecular weight is 380 g/mol. The number of halogens is 1. The van der Waals surface area contributed by atoms with Crippen molar-refractivity contribution >= 4 is 29.3 Å². The highest BCUT2D eigenvalue weighted by atomic mass is 35.5. The van der Waals surface area contributed by atoms with Gasteiger partial charge in [0.1, 0.15) is 18.1 Å². The Bertz CT molecular complexity index is 692. The molecule has 25 heavy (non-hydrogen) atoms. The van der Waals surface area contributed by atoms with Crippen molar-refractivity contribution in [1.29, 1.82) is 0 Å². The van der Waals surface area contributed by atoms with Gasteiger partial charge >= 0.3 is 0 Å². The van der Waals surface area contributed by atoms with Crippen LogP contribution in [0.1, 0.15) is 11.1 Å². The van der Waals surface area contributed by atoms with E-state index in [4.69, 9.17) is 21.1 Å². The van der Waals surface area contributed by atoms with Crippen molar-refractivity contribution < 1.29 is 14.3 Å². The van der Waals surface area contributed by atoms with Crippen LogP contribution in [0, 0.1) is 6.92 Å². The molecule has 0 radical (unpaired) electrons. The molecule has 134 valence electrons. The second-order valence-corrected chi connectivity index (χ2v) is 6.84. The number of hydrogen-bond acceptors (Lipinski definition) is 4. The molecule has 1 N–H and O–H groups in total. The highest BCUT2D eigenvalue weighted by molar-refractivity contribution is 7.99. The van der Waals surface area contributed by atoms with Gasteiger partial charge in [0.15, 0.2) is 0 Å². The summed E-state index contributed by atoms with van der Waals surface area (Å²) in [7, 11) is 1.64. The quantitative estimate of drug-likeness (QED) is 0.667. The molecule has 0 atom stereocenters. The molecular weight excluding hydrogens is 358 g/mol. The standard InChI is InChI=1S/C19H22ClNO3S/c1-14-3-6-17(11-18(14)20)24-10-9-21-19(22)13-25-12-15-4-7-16(23-2)8-5-15/h3-8,11H,9-10,12-13H2,1-2H3,(H,21,22). The maximum Gasteiger partial charge on any atom is 0.230 e. The van der Waals surface area contributed by atoms with Crippen LogP contribution in [-0.4, -0.2) is 31.9 Å². The van der Waals surface area contributed by atoms with Crippen LogP contribution in [0.2, 0.25) is 5.02 Å². The molecule has 0 saturated carbocycles. The van der Waals surface area contributed by atoms with Crippen LogP contribution >= 0.6 is 23.4 Å². The van der Waals surface area contributed by atoms with Gasteiger partial charge in [-0.15, -0.1) is 11.8 Å². The van der Waals surface area contributed by atoms with Crippen molar-refractivity contribution in [2.45, 2.75) is 12.7 Å². The van der Waals surface area contributed by atoms with E-state index in [1.165, 1.54) is 0 Å². The van der Waals surface area contributed by atoms with Gasteiger partial charge in [-0.2, -0.15) is 0 Å². The molecule has 2 rings (SSSR count). The number of nitrogens with one attached hydrogen (secondary N) is 1. The molecule has 0 bridgehead atoms. The van der Waals surface area contributed by atoms with Gasteiger partial charge in [-0.1, -0.05) is 29.8 Å². The number of carbonyl (C=O) groups excluding carboxylic acids is 1. The van der Waals surface area contributed by atoms with Gasteiger partial charge in [-0.3, -0.25) is 4.79 Å². The van der Waals surface area contributed by atoms with Crippen LogP contribution in [0.4, 0.5) is 0 Å². The van der Waals surface area contributed by atoms with Gasteiger partial charge in [0.2, 0.25) is 5.91 Å². The number of ether oxygens (including phenoxy) is 2. The molecule has 2 aromatic carbocycles. The van der Waals surface area contributed by atoms with E-state index in [2.05, 4.69) is 5.32 Å². The third kappa shape index (κ3) is 6.88. The monoisotopic (exact) mass is 379 g/mol. The van der Waals surface area contributed by atoms with Crippen molar-refractivity contribution in [3.63, 3.8) is 0 Å². The summed E-state index contributed by atoms with van der Waals surface area (Å²) in [5.41, 5.74) is 2.18. The second kappa shape index (κ2) is 10.2. The van der Waals surface area contributed by atoms with Gasteiger partial charge in [0.05, 0.1) is 19.4 Å². The van der Waals surface area contributed by atoms with Crippen LogP contribution in [0.25, 0.3) is 0 Å². The SMILES string of the molecule is COc1ccc(CSCC(=O)NCCOc2ccc(C)c(Cl)c2)cc1. The first-order valence-electron chi connectivity index (χ1n) is 7.95. The lowest BCUT2D eigenvalue weighted by atomic mass is 10.2. The largest absolute Gasteiger partial charge is 0.497 e. The number of amides is 1. The zero-order chi connectivity index (χ0) is 18.1. The Kier molecular flexibility index (Phi) is 7.95. The minimum Gasteiger partial charge on any atom is -0.497 e. The lowest BCUT2D eigenvalue weighted by Crippen LogP contribution is -2.29. The van der Waals surface area contributed by atoms with Crippen LogP contribution in [-0.2, 0) is 10.5 Å². The fraction of sp³-hybridized carbons (Fsp3) is 0.316. The second-order valence-electron chi connectivity index (χ2n) is 5.45. The van der Waals surface area contributed by atoms with Crippen molar-refractivity contribution in [2.75, 3.05) is 26.0 Å². The number of hydrogen-bond donors (Lipinski definition) is 1. The first-order valence-corrected chi connectivity index (χ1v) is 9.48. The van der Waals surface area contributed by atoms with E-state index in [1.54, 1.807) is 24.9 Å². The summed E-state index contributed by atoms with van der Waals surface area (Å²) in [6.07, 6.45) is 0. The van der Waals surface area contributed by atoms with Crippen molar-refractivity contribution in [1.82, 2.24) is 5.32 Å². The van der Waals surface area contributed by atoms with E-state index in [9.17, 15) is 4.79 Å². The summed E-state index contributed by atoms with van der Waals surface area (Å²) < 4.78 is 10.7. The lowest BCUT2D eigenvalue weighted by molar-refractivity contribution is -0.118. The van der Waals surface area contributed by atoms with Crippen LogP contribution in [0.15, 0.2) is 42.5 Å². The first kappa shape index (κ1) is 19.5. The lowest BCUT2D eigenvalue weighted by Gasteiger charge is -2.09. The fourth-order valence-corrected chi connectivity index (χ4v) is 3.05. The van der Waals surface area contributed by atoms with E-state index in [0.29, 0.717) is 29.7 Å². The number of methoxy groups -OCH3 is 1. The predicted molar refractivity (Wildman–Crippen MR) is 104 cm³/mol. The molecule has 0 heterocycles. The average Bonchev–Trinajstić information content (AvgIpc) is 2.62. The van der Waals surface area contributed by atoms with Crippen LogP contribution < -0.4 is 14.8 Å². The van der Waals surface area contributed by atoms with Gasteiger partial charge in [0.25, 0.3) is 0 Å². The predicted octanol–water partition coefficient (Wildman–Crippen LogP) is 4.09. The Morgan fingerprint density at radius 3 is 2.56 bits per heavy atom. The van der Waals surface area contributed by atoms with Crippen molar-refractivity contribution in [3.05, 3.63) is 58.6 Å². The van der Waals surface area contributed by atoms with E-state index >= 15 is 0 Å². The molecule has 0 aromatic heterocycles. The van der Waals surface area contributed by atoms with E-state index in [-0.39, 0.29) is 5.91 Å². The van der Waals surface area contributed by atoms with Crippen LogP contribution in [0.5, 0.6) is 11.5 Å².